The molecule has 2 N–H and O–H groups in total. The van der Waals surface area contributed by atoms with Gasteiger partial charge in [-0.3, -0.25) is 0 Å². The number of aliphatic hydroxyl groups is 1. The fraction of sp³-hybridized carbons (Fsp3) is 0.500. The lowest BCUT2D eigenvalue weighted by atomic mass is 10.1. The number of rotatable bonds is 5. The van der Waals surface area contributed by atoms with Gasteiger partial charge in [0, 0.05) is 23.2 Å². The van der Waals surface area contributed by atoms with Crippen molar-refractivity contribution < 1.29 is 5.11 Å². The smallest absolute Gasteiger partial charge is 0.0445 e. The molecule has 0 saturated heterocycles. The van der Waals surface area contributed by atoms with Crippen LogP contribution in [0.3, 0.4) is 0 Å². The van der Waals surface area contributed by atoms with Crippen LogP contribution in [-0.4, -0.2) is 17.8 Å². The summed E-state index contributed by atoms with van der Waals surface area (Å²) in [6, 6.07) is 8.82. The molecule has 1 aromatic rings. The van der Waals surface area contributed by atoms with E-state index in [2.05, 4.69) is 41.2 Å². The second-order valence-corrected chi connectivity index (χ2v) is 4.68. The van der Waals surface area contributed by atoms with Crippen molar-refractivity contribution in [2.45, 2.75) is 32.4 Å². The average Bonchev–Trinajstić information content (AvgIpc) is 2.18. The average molecular weight is 272 g/mol. The molecule has 0 bridgehead atoms. The lowest BCUT2D eigenvalue weighted by Gasteiger charge is -2.20. The highest BCUT2D eigenvalue weighted by atomic mass is 79.9. The van der Waals surface area contributed by atoms with Gasteiger partial charge >= 0.3 is 0 Å². The van der Waals surface area contributed by atoms with Crippen LogP contribution < -0.4 is 5.32 Å². The third-order valence-electron chi connectivity index (χ3n) is 2.47. The van der Waals surface area contributed by atoms with Crippen molar-refractivity contribution in [1.82, 2.24) is 5.32 Å². The molecule has 0 aromatic heterocycles. The maximum atomic E-state index is 8.83. The van der Waals surface area contributed by atoms with E-state index in [-0.39, 0.29) is 6.61 Å². The molecule has 0 aliphatic heterocycles. The zero-order valence-electron chi connectivity index (χ0n) is 9.20. The van der Waals surface area contributed by atoms with Crippen LogP contribution in [0.25, 0.3) is 0 Å². The zero-order valence-corrected chi connectivity index (χ0v) is 10.8. The number of hydrogen-bond donors (Lipinski definition) is 2. The summed E-state index contributed by atoms with van der Waals surface area (Å²) in [5.74, 6) is 0. The maximum Gasteiger partial charge on any atom is 0.0445 e. The highest BCUT2D eigenvalue weighted by molar-refractivity contribution is 9.10. The van der Waals surface area contributed by atoms with Gasteiger partial charge in [-0.25, -0.2) is 0 Å². The number of aliphatic hydroxyl groups excluding tert-OH is 1. The van der Waals surface area contributed by atoms with E-state index < -0.39 is 0 Å². The van der Waals surface area contributed by atoms with Gasteiger partial charge in [-0.2, -0.15) is 0 Å². The van der Waals surface area contributed by atoms with Crippen molar-refractivity contribution in [3.05, 3.63) is 34.3 Å². The van der Waals surface area contributed by atoms with E-state index in [9.17, 15) is 0 Å². The molecule has 0 fully saturated rings. The molecule has 0 spiro atoms. The van der Waals surface area contributed by atoms with Crippen LogP contribution in [0, 0.1) is 0 Å². The molecule has 0 amide bonds. The van der Waals surface area contributed by atoms with Crippen molar-refractivity contribution in [2.75, 3.05) is 6.61 Å². The van der Waals surface area contributed by atoms with Gasteiger partial charge in [-0.1, -0.05) is 34.1 Å². The minimum absolute atomic E-state index is 0.233. The predicted molar refractivity (Wildman–Crippen MR) is 66.9 cm³/mol. The van der Waals surface area contributed by atoms with Crippen molar-refractivity contribution in [1.29, 1.82) is 0 Å². The van der Waals surface area contributed by atoms with Crippen molar-refractivity contribution >= 4 is 15.9 Å². The van der Waals surface area contributed by atoms with Crippen LogP contribution >= 0.6 is 15.9 Å². The van der Waals surface area contributed by atoms with Crippen LogP contribution in [0.1, 0.15) is 31.9 Å². The van der Waals surface area contributed by atoms with E-state index in [1.54, 1.807) is 0 Å². The standard InChI is InChI=1S/C12H18BrNO/c1-9(7-8-15)14-10(2)11-5-3-4-6-12(11)13/h3-6,9-10,14-15H,7-8H2,1-2H3. The van der Waals surface area contributed by atoms with E-state index in [0.717, 1.165) is 10.9 Å². The molecule has 0 aliphatic rings. The van der Waals surface area contributed by atoms with Gasteiger partial charge < -0.3 is 10.4 Å². The Morgan fingerprint density at radius 1 is 1.33 bits per heavy atom. The molecule has 2 nitrogen and oxygen atoms in total. The summed E-state index contributed by atoms with van der Waals surface area (Å²) in [5, 5.41) is 12.3. The highest BCUT2D eigenvalue weighted by Gasteiger charge is 2.10. The Bertz CT molecular complexity index is 303. The summed E-state index contributed by atoms with van der Waals surface area (Å²) in [6.45, 7) is 4.45. The molecule has 0 heterocycles. The van der Waals surface area contributed by atoms with E-state index in [1.165, 1.54) is 5.56 Å². The topological polar surface area (TPSA) is 32.3 Å². The molecule has 2 unspecified atom stereocenters. The predicted octanol–water partition coefficient (Wildman–Crippen LogP) is 2.87. The number of benzene rings is 1. The van der Waals surface area contributed by atoms with Crippen molar-refractivity contribution in [3.8, 4) is 0 Å². The zero-order chi connectivity index (χ0) is 11.3. The third kappa shape index (κ3) is 3.93. The first-order chi connectivity index (χ1) is 7.15. The molecule has 1 aromatic carbocycles. The first-order valence-electron chi connectivity index (χ1n) is 5.26. The summed E-state index contributed by atoms with van der Waals surface area (Å²) in [5.41, 5.74) is 1.25. The van der Waals surface area contributed by atoms with Crippen LogP contribution in [0.5, 0.6) is 0 Å². The largest absolute Gasteiger partial charge is 0.396 e. The number of nitrogens with one attached hydrogen (secondary N) is 1. The maximum absolute atomic E-state index is 8.83. The second-order valence-electron chi connectivity index (χ2n) is 3.82. The van der Waals surface area contributed by atoms with E-state index in [4.69, 9.17) is 5.11 Å². The quantitative estimate of drug-likeness (QED) is 0.863. The first kappa shape index (κ1) is 12.7. The van der Waals surface area contributed by atoms with Gasteiger partial charge in [0.25, 0.3) is 0 Å². The van der Waals surface area contributed by atoms with E-state index in [1.807, 2.05) is 18.2 Å². The lowest BCUT2D eigenvalue weighted by Crippen LogP contribution is -2.29. The Labute approximate surface area is 99.8 Å². The Kier molecular flexibility index (Phi) is 5.29. The molecule has 1 rings (SSSR count). The molecule has 84 valence electrons. The monoisotopic (exact) mass is 271 g/mol. The minimum Gasteiger partial charge on any atom is -0.396 e. The Balaban J connectivity index is 2.61. The molecule has 15 heavy (non-hydrogen) atoms. The summed E-state index contributed by atoms with van der Waals surface area (Å²) < 4.78 is 1.13. The molecule has 0 saturated carbocycles. The summed E-state index contributed by atoms with van der Waals surface area (Å²) >= 11 is 3.54. The molecular weight excluding hydrogens is 254 g/mol. The Morgan fingerprint density at radius 2 is 2.00 bits per heavy atom. The summed E-state index contributed by atoms with van der Waals surface area (Å²) in [4.78, 5) is 0. The Hall–Kier alpha value is -0.380. The fourth-order valence-electron chi connectivity index (χ4n) is 1.62. The van der Waals surface area contributed by atoms with Gasteiger partial charge in [0.15, 0.2) is 0 Å². The SMILES string of the molecule is CC(CCO)NC(C)c1ccccc1Br. The lowest BCUT2D eigenvalue weighted by molar-refractivity contribution is 0.264. The second kappa shape index (κ2) is 6.26. The van der Waals surface area contributed by atoms with Crippen LogP contribution in [0.4, 0.5) is 0 Å². The van der Waals surface area contributed by atoms with Crippen LogP contribution in [0.2, 0.25) is 0 Å². The summed E-state index contributed by atoms with van der Waals surface area (Å²) in [6.07, 6.45) is 0.787. The first-order valence-corrected chi connectivity index (χ1v) is 6.05. The van der Waals surface area contributed by atoms with Gasteiger partial charge in [-0.05, 0) is 31.9 Å². The molecular formula is C12H18BrNO. The van der Waals surface area contributed by atoms with Crippen LogP contribution in [0.15, 0.2) is 28.7 Å². The van der Waals surface area contributed by atoms with Crippen LogP contribution in [-0.2, 0) is 0 Å². The van der Waals surface area contributed by atoms with Gasteiger partial charge in [-0.15, -0.1) is 0 Å². The molecule has 2 atom stereocenters. The normalized spacial score (nSPS) is 14.9. The highest BCUT2D eigenvalue weighted by Crippen LogP contribution is 2.23. The minimum atomic E-state index is 0.233. The van der Waals surface area contributed by atoms with Crippen molar-refractivity contribution in [2.24, 2.45) is 0 Å². The number of halogens is 1. The van der Waals surface area contributed by atoms with Gasteiger partial charge in [0.05, 0.1) is 0 Å². The van der Waals surface area contributed by atoms with Gasteiger partial charge in [0.1, 0.15) is 0 Å². The number of hydrogen-bond acceptors (Lipinski definition) is 2. The van der Waals surface area contributed by atoms with E-state index in [0.29, 0.717) is 12.1 Å². The summed E-state index contributed by atoms with van der Waals surface area (Å²) in [7, 11) is 0. The van der Waals surface area contributed by atoms with Crippen molar-refractivity contribution in [3.63, 3.8) is 0 Å². The third-order valence-corrected chi connectivity index (χ3v) is 3.19. The fourth-order valence-corrected chi connectivity index (χ4v) is 2.25. The van der Waals surface area contributed by atoms with Gasteiger partial charge in [0.2, 0.25) is 0 Å². The Morgan fingerprint density at radius 3 is 2.60 bits per heavy atom. The molecule has 3 heteroatoms. The molecule has 0 radical (unpaired) electrons. The molecule has 0 aliphatic carbocycles. The van der Waals surface area contributed by atoms with E-state index >= 15 is 0 Å².